The van der Waals surface area contributed by atoms with Gasteiger partial charge >= 0.3 is 0 Å². The summed E-state index contributed by atoms with van der Waals surface area (Å²) in [5.74, 6) is -1.89. The van der Waals surface area contributed by atoms with Crippen LogP contribution in [-0.2, 0) is 10.0 Å². The lowest BCUT2D eigenvalue weighted by atomic mass is 10.00. The molecule has 0 radical (unpaired) electrons. The minimum absolute atomic E-state index is 0.167. The third kappa shape index (κ3) is 4.96. The Morgan fingerprint density at radius 2 is 1.72 bits per heavy atom. The van der Waals surface area contributed by atoms with Crippen molar-refractivity contribution in [2.45, 2.75) is 0 Å². The van der Waals surface area contributed by atoms with Crippen LogP contribution < -0.4 is 10.0 Å². The van der Waals surface area contributed by atoms with Crippen molar-refractivity contribution in [2.75, 3.05) is 16.3 Å². The van der Waals surface area contributed by atoms with E-state index in [1.54, 1.807) is 54.7 Å². The SMILES string of the molecule is CS(=O)(=O)Nc1ccc2cc(C(=O)Nc3cc(-c4cc[nH]n4)cc(-c4ccc(F)cc4F)c3)[nH]c2c1. The smallest absolute Gasteiger partial charge is 0.272 e. The van der Waals surface area contributed by atoms with E-state index in [4.69, 9.17) is 0 Å². The van der Waals surface area contributed by atoms with Gasteiger partial charge in [-0.2, -0.15) is 5.10 Å². The molecule has 0 aliphatic rings. The molecule has 3 aromatic carbocycles. The molecule has 0 aliphatic carbocycles. The average Bonchev–Trinajstić information content (AvgIpc) is 3.48. The van der Waals surface area contributed by atoms with Crippen LogP contribution in [0, 0.1) is 11.6 Å². The van der Waals surface area contributed by atoms with Crippen molar-refractivity contribution in [1.29, 1.82) is 0 Å². The number of carbonyl (C=O) groups excluding carboxylic acids is 1. The molecule has 0 atom stereocenters. The maximum atomic E-state index is 14.5. The molecule has 8 nitrogen and oxygen atoms in total. The van der Waals surface area contributed by atoms with E-state index in [1.807, 2.05) is 0 Å². The molecule has 2 heterocycles. The van der Waals surface area contributed by atoms with E-state index in [1.165, 1.54) is 6.07 Å². The van der Waals surface area contributed by atoms with E-state index >= 15 is 0 Å². The second kappa shape index (κ2) is 8.93. The number of rotatable bonds is 6. The van der Waals surface area contributed by atoms with Crippen molar-refractivity contribution < 1.29 is 22.0 Å². The maximum Gasteiger partial charge on any atom is 0.272 e. The van der Waals surface area contributed by atoms with Gasteiger partial charge in [0.25, 0.3) is 5.91 Å². The maximum absolute atomic E-state index is 14.5. The van der Waals surface area contributed by atoms with E-state index in [0.717, 1.165) is 18.4 Å². The Hall–Kier alpha value is -4.51. The normalized spacial score (nSPS) is 11.5. The van der Waals surface area contributed by atoms with Crippen LogP contribution in [0.4, 0.5) is 20.2 Å². The van der Waals surface area contributed by atoms with E-state index in [9.17, 15) is 22.0 Å². The van der Waals surface area contributed by atoms with Gasteiger partial charge in [-0.25, -0.2) is 17.2 Å². The number of aromatic nitrogens is 3. The lowest BCUT2D eigenvalue weighted by molar-refractivity contribution is 0.102. The third-order valence-corrected chi connectivity index (χ3v) is 6.01. The van der Waals surface area contributed by atoms with Gasteiger partial charge in [-0.1, -0.05) is 6.07 Å². The number of nitrogens with zero attached hydrogens (tertiary/aromatic N) is 1. The fourth-order valence-corrected chi connectivity index (χ4v) is 4.43. The quantitative estimate of drug-likeness (QED) is 0.255. The molecule has 0 fully saturated rings. The molecule has 0 saturated heterocycles. The summed E-state index contributed by atoms with van der Waals surface area (Å²) in [4.78, 5) is 16.0. The van der Waals surface area contributed by atoms with Gasteiger partial charge in [-0.15, -0.1) is 0 Å². The van der Waals surface area contributed by atoms with Gasteiger partial charge in [-0.05, 0) is 60.2 Å². The monoisotopic (exact) mass is 507 g/mol. The Kier molecular flexibility index (Phi) is 5.77. The molecule has 0 saturated carbocycles. The largest absolute Gasteiger partial charge is 0.350 e. The van der Waals surface area contributed by atoms with Crippen molar-refractivity contribution in [3.8, 4) is 22.4 Å². The highest BCUT2D eigenvalue weighted by Gasteiger charge is 2.15. The minimum atomic E-state index is -3.45. The highest BCUT2D eigenvalue weighted by Crippen LogP contribution is 2.32. The molecule has 4 N–H and O–H groups in total. The Bertz CT molecular complexity index is 1710. The summed E-state index contributed by atoms with van der Waals surface area (Å²) in [7, 11) is -3.45. The Balaban J connectivity index is 1.49. The molecule has 0 unspecified atom stereocenters. The standard InChI is InChI=1S/C25H19F2N5O3S/c1-36(34,35)32-18-4-2-14-11-24(30-23(14)13-18)25(33)29-19-9-15(20-5-3-17(26)12-21(20)27)8-16(10-19)22-6-7-28-31-22/h2-13,30,32H,1H3,(H,28,31)(H,29,33). The first kappa shape index (κ1) is 23.2. The lowest BCUT2D eigenvalue weighted by Crippen LogP contribution is -2.12. The number of amides is 1. The molecule has 0 aliphatic heterocycles. The zero-order valence-electron chi connectivity index (χ0n) is 18.8. The summed E-state index contributed by atoms with van der Waals surface area (Å²) in [6.07, 6.45) is 2.68. The zero-order chi connectivity index (χ0) is 25.4. The van der Waals surface area contributed by atoms with E-state index < -0.39 is 27.6 Å². The summed E-state index contributed by atoms with van der Waals surface area (Å²) in [6.45, 7) is 0. The van der Waals surface area contributed by atoms with Crippen LogP contribution >= 0.6 is 0 Å². The van der Waals surface area contributed by atoms with Crippen LogP contribution in [0.3, 0.4) is 0 Å². The van der Waals surface area contributed by atoms with Gasteiger partial charge in [0.15, 0.2) is 0 Å². The fraction of sp³-hybridized carbons (Fsp3) is 0.0400. The van der Waals surface area contributed by atoms with Gasteiger partial charge in [0.1, 0.15) is 17.3 Å². The van der Waals surface area contributed by atoms with Crippen molar-refractivity contribution in [3.63, 3.8) is 0 Å². The number of H-pyrrole nitrogens is 2. The van der Waals surface area contributed by atoms with Crippen LogP contribution in [0.15, 0.2) is 72.9 Å². The van der Waals surface area contributed by atoms with Crippen molar-refractivity contribution in [3.05, 3.63) is 90.3 Å². The highest BCUT2D eigenvalue weighted by atomic mass is 32.2. The number of hydrogen-bond donors (Lipinski definition) is 4. The Morgan fingerprint density at radius 1 is 0.917 bits per heavy atom. The molecule has 5 rings (SSSR count). The van der Waals surface area contributed by atoms with Crippen molar-refractivity contribution in [2.24, 2.45) is 0 Å². The topological polar surface area (TPSA) is 120 Å². The van der Waals surface area contributed by atoms with Crippen molar-refractivity contribution in [1.82, 2.24) is 15.2 Å². The molecular formula is C25H19F2N5O3S. The number of hydrogen-bond acceptors (Lipinski definition) is 4. The second-order valence-electron chi connectivity index (χ2n) is 8.20. The third-order valence-electron chi connectivity index (χ3n) is 5.40. The number of anilines is 2. The second-order valence-corrected chi connectivity index (χ2v) is 9.94. The summed E-state index contributed by atoms with van der Waals surface area (Å²) in [5, 5.41) is 10.4. The van der Waals surface area contributed by atoms with Gasteiger partial charge in [-0.3, -0.25) is 14.6 Å². The molecule has 2 aromatic heterocycles. The predicted molar refractivity (Wildman–Crippen MR) is 134 cm³/mol. The van der Waals surface area contributed by atoms with Crippen molar-refractivity contribution >= 4 is 38.2 Å². The first-order chi connectivity index (χ1) is 17.1. The van der Waals surface area contributed by atoms with Gasteiger partial charge in [0, 0.05) is 40.0 Å². The molecule has 0 spiro atoms. The number of benzene rings is 3. The molecular weight excluding hydrogens is 488 g/mol. The summed E-state index contributed by atoms with van der Waals surface area (Å²) < 4.78 is 53.4. The van der Waals surface area contributed by atoms with Crippen LogP contribution in [0.2, 0.25) is 0 Å². The summed E-state index contributed by atoms with van der Waals surface area (Å²) >= 11 is 0. The van der Waals surface area contributed by atoms with Crippen LogP contribution in [0.5, 0.6) is 0 Å². The first-order valence-corrected chi connectivity index (χ1v) is 12.6. The minimum Gasteiger partial charge on any atom is -0.350 e. The molecule has 1 amide bonds. The van der Waals surface area contributed by atoms with E-state index in [0.29, 0.717) is 39.1 Å². The van der Waals surface area contributed by atoms with Gasteiger partial charge < -0.3 is 10.3 Å². The molecule has 36 heavy (non-hydrogen) atoms. The number of fused-ring (bicyclic) bond motifs is 1. The van der Waals surface area contributed by atoms with E-state index in [2.05, 4.69) is 25.2 Å². The molecule has 0 bridgehead atoms. The van der Waals surface area contributed by atoms with Crippen LogP contribution in [-0.4, -0.2) is 35.8 Å². The number of nitrogens with one attached hydrogen (secondary N) is 4. The van der Waals surface area contributed by atoms with E-state index in [-0.39, 0.29) is 11.3 Å². The highest BCUT2D eigenvalue weighted by molar-refractivity contribution is 7.92. The number of sulfonamides is 1. The molecule has 182 valence electrons. The summed E-state index contributed by atoms with van der Waals surface area (Å²) in [6, 6.07) is 16.5. The van der Waals surface area contributed by atoms with Crippen LogP contribution in [0.1, 0.15) is 10.5 Å². The number of aromatic amines is 2. The van der Waals surface area contributed by atoms with Gasteiger partial charge in [0.05, 0.1) is 17.6 Å². The van der Waals surface area contributed by atoms with Crippen LogP contribution in [0.25, 0.3) is 33.3 Å². The fourth-order valence-electron chi connectivity index (χ4n) is 3.87. The molecule has 11 heteroatoms. The summed E-state index contributed by atoms with van der Waals surface area (Å²) in [5.41, 5.74) is 3.31. The molecule has 5 aromatic rings. The first-order valence-electron chi connectivity index (χ1n) is 10.7. The Morgan fingerprint density at radius 3 is 2.44 bits per heavy atom. The number of halogens is 2. The number of carbonyl (C=O) groups is 1. The average molecular weight is 508 g/mol. The van der Waals surface area contributed by atoms with Gasteiger partial charge in [0.2, 0.25) is 10.0 Å². The zero-order valence-corrected chi connectivity index (χ0v) is 19.6. The Labute approximate surface area is 204 Å². The predicted octanol–water partition coefficient (Wildman–Crippen LogP) is 5.13. The lowest BCUT2D eigenvalue weighted by Gasteiger charge is -2.11.